The van der Waals surface area contributed by atoms with Gasteiger partial charge in [0, 0.05) is 16.8 Å². The molecule has 0 aliphatic heterocycles. The van der Waals surface area contributed by atoms with E-state index in [1.54, 1.807) is 0 Å². The quantitative estimate of drug-likeness (QED) is 0.460. The van der Waals surface area contributed by atoms with Gasteiger partial charge in [-0.25, -0.2) is 0 Å². The van der Waals surface area contributed by atoms with E-state index in [4.69, 9.17) is 15.0 Å². The monoisotopic (exact) mass is 385 g/mol. The molecule has 0 radical (unpaired) electrons. The first-order valence-electron chi connectivity index (χ1n) is 9.50. The fraction of sp³-hybridized carbons (Fsp3) is 0.167. The number of nitrogens with zero attached hydrogens (tertiary/aromatic N) is 2. The van der Waals surface area contributed by atoms with Crippen molar-refractivity contribution in [3.8, 4) is 28.6 Å². The maximum atomic E-state index is 6.02. The van der Waals surface area contributed by atoms with Crippen molar-refractivity contribution in [3.63, 3.8) is 0 Å². The molecule has 1 heterocycles. The van der Waals surface area contributed by atoms with Crippen LogP contribution in [0.3, 0.4) is 0 Å². The van der Waals surface area contributed by atoms with Crippen LogP contribution >= 0.6 is 0 Å². The zero-order chi connectivity index (χ0) is 20.4. The van der Waals surface area contributed by atoms with Gasteiger partial charge < -0.3 is 15.0 Å². The highest BCUT2D eigenvalue weighted by atomic mass is 16.5. The van der Waals surface area contributed by atoms with Gasteiger partial charge in [0.1, 0.15) is 12.4 Å². The SMILES string of the molecule is Cc1cccc(C)c1OCc1ccc(-c2nc(-c3cccc(N)c3C)no2)cc1. The highest BCUT2D eigenvalue weighted by molar-refractivity contribution is 5.68. The number of hydrogen-bond acceptors (Lipinski definition) is 5. The van der Waals surface area contributed by atoms with E-state index in [1.807, 2.05) is 55.5 Å². The van der Waals surface area contributed by atoms with Crippen LogP contribution in [0.2, 0.25) is 0 Å². The molecule has 4 aromatic rings. The van der Waals surface area contributed by atoms with E-state index < -0.39 is 0 Å². The maximum absolute atomic E-state index is 6.02. The Balaban J connectivity index is 1.50. The zero-order valence-electron chi connectivity index (χ0n) is 16.8. The fourth-order valence-corrected chi connectivity index (χ4v) is 3.27. The summed E-state index contributed by atoms with van der Waals surface area (Å²) in [4.78, 5) is 4.53. The Hall–Kier alpha value is -3.60. The number of aromatic nitrogens is 2. The number of hydrogen-bond donors (Lipinski definition) is 1. The van der Waals surface area contributed by atoms with Gasteiger partial charge in [0.2, 0.25) is 5.82 Å². The van der Waals surface area contributed by atoms with Crippen molar-refractivity contribution in [1.82, 2.24) is 10.1 Å². The molecule has 1 aromatic heterocycles. The smallest absolute Gasteiger partial charge is 0.258 e. The number of para-hydroxylation sites is 1. The van der Waals surface area contributed by atoms with Crippen molar-refractivity contribution < 1.29 is 9.26 Å². The Morgan fingerprint density at radius 3 is 2.31 bits per heavy atom. The maximum Gasteiger partial charge on any atom is 0.258 e. The summed E-state index contributed by atoms with van der Waals surface area (Å²) in [7, 11) is 0. The van der Waals surface area contributed by atoms with Crippen molar-refractivity contribution in [2.24, 2.45) is 0 Å². The minimum Gasteiger partial charge on any atom is -0.488 e. The second-order valence-corrected chi connectivity index (χ2v) is 7.15. The molecule has 0 spiro atoms. The largest absolute Gasteiger partial charge is 0.488 e. The van der Waals surface area contributed by atoms with Crippen LogP contribution in [0.25, 0.3) is 22.8 Å². The third-order valence-electron chi connectivity index (χ3n) is 5.04. The second kappa shape index (κ2) is 7.80. The first-order chi connectivity index (χ1) is 14.0. The molecule has 29 heavy (non-hydrogen) atoms. The first-order valence-corrected chi connectivity index (χ1v) is 9.50. The van der Waals surface area contributed by atoms with Crippen LogP contribution in [0.15, 0.2) is 65.2 Å². The molecule has 5 heteroatoms. The molecule has 0 atom stereocenters. The minimum atomic E-state index is 0.476. The lowest BCUT2D eigenvalue weighted by Gasteiger charge is -2.12. The standard InChI is InChI=1S/C24H23N3O2/c1-15-6-4-7-16(2)22(15)28-14-18-10-12-19(13-11-18)24-26-23(27-29-24)20-8-5-9-21(25)17(20)3/h4-13H,14,25H2,1-3H3. The van der Waals surface area contributed by atoms with Crippen molar-refractivity contribution in [2.75, 3.05) is 5.73 Å². The van der Waals surface area contributed by atoms with Gasteiger partial charge in [-0.2, -0.15) is 4.98 Å². The summed E-state index contributed by atoms with van der Waals surface area (Å²) in [6.45, 7) is 6.57. The molecular formula is C24H23N3O2. The van der Waals surface area contributed by atoms with Crippen molar-refractivity contribution in [1.29, 1.82) is 0 Å². The molecule has 2 N–H and O–H groups in total. The summed E-state index contributed by atoms with van der Waals surface area (Å²) in [5.74, 6) is 1.95. The molecule has 0 aliphatic rings. The molecule has 0 bridgehead atoms. The van der Waals surface area contributed by atoms with Gasteiger partial charge >= 0.3 is 0 Å². The van der Waals surface area contributed by atoms with Crippen LogP contribution in [0, 0.1) is 20.8 Å². The topological polar surface area (TPSA) is 74.2 Å². The highest BCUT2D eigenvalue weighted by Gasteiger charge is 2.13. The van der Waals surface area contributed by atoms with Crippen LogP contribution in [0.4, 0.5) is 5.69 Å². The molecule has 0 saturated carbocycles. The number of benzene rings is 3. The molecule has 0 amide bonds. The van der Waals surface area contributed by atoms with Crippen molar-refractivity contribution >= 4 is 5.69 Å². The number of rotatable bonds is 5. The minimum absolute atomic E-state index is 0.476. The Morgan fingerprint density at radius 2 is 1.59 bits per heavy atom. The fourth-order valence-electron chi connectivity index (χ4n) is 3.27. The van der Waals surface area contributed by atoms with E-state index in [1.165, 1.54) is 0 Å². The van der Waals surface area contributed by atoms with Gasteiger partial charge in [-0.05, 0) is 61.2 Å². The number of ether oxygens (including phenoxy) is 1. The van der Waals surface area contributed by atoms with Gasteiger partial charge in [0.15, 0.2) is 0 Å². The van der Waals surface area contributed by atoms with Gasteiger partial charge in [0.05, 0.1) is 0 Å². The summed E-state index contributed by atoms with van der Waals surface area (Å²) in [6, 6.07) is 19.8. The van der Waals surface area contributed by atoms with E-state index in [0.717, 1.165) is 39.1 Å². The van der Waals surface area contributed by atoms with Gasteiger partial charge in [-0.1, -0.05) is 47.6 Å². The molecule has 3 aromatic carbocycles. The molecular weight excluding hydrogens is 362 g/mol. The number of aryl methyl sites for hydroxylation is 2. The molecule has 0 saturated heterocycles. The number of nitrogen functional groups attached to an aromatic ring is 1. The first kappa shape index (κ1) is 18.7. The van der Waals surface area contributed by atoms with Crippen molar-refractivity contribution in [2.45, 2.75) is 27.4 Å². The van der Waals surface area contributed by atoms with E-state index in [0.29, 0.717) is 24.0 Å². The Kier molecular flexibility index (Phi) is 5.04. The average Bonchev–Trinajstić information content (AvgIpc) is 3.20. The normalized spacial score (nSPS) is 10.9. The summed E-state index contributed by atoms with van der Waals surface area (Å²) in [5.41, 5.74) is 12.7. The number of nitrogens with two attached hydrogens (primary N) is 1. The van der Waals surface area contributed by atoms with Gasteiger partial charge in [0.25, 0.3) is 5.89 Å². The molecule has 146 valence electrons. The van der Waals surface area contributed by atoms with E-state index >= 15 is 0 Å². The Labute approximate surface area is 170 Å². The molecule has 0 unspecified atom stereocenters. The third kappa shape index (κ3) is 3.85. The second-order valence-electron chi connectivity index (χ2n) is 7.15. The lowest BCUT2D eigenvalue weighted by Crippen LogP contribution is -1.98. The summed E-state index contributed by atoms with van der Waals surface area (Å²) in [6.07, 6.45) is 0. The zero-order valence-corrected chi connectivity index (χ0v) is 16.8. The molecule has 0 fully saturated rings. The van der Waals surface area contributed by atoms with Crippen LogP contribution in [0.5, 0.6) is 5.75 Å². The van der Waals surface area contributed by atoms with Crippen LogP contribution < -0.4 is 10.5 Å². The van der Waals surface area contributed by atoms with Crippen LogP contribution in [0.1, 0.15) is 22.3 Å². The lowest BCUT2D eigenvalue weighted by atomic mass is 10.1. The summed E-state index contributed by atoms with van der Waals surface area (Å²) in [5, 5.41) is 4.12. The van der Waals surface area contributed by atoms with Gasteiger partial charge in [-0.3, -0.25) is 0 Å². The predicted molar refractivity (Wildman–Crippen MR) is 115 cm³/mol. The van der Waals surface area contributed by atoms with Crippen LogP contribution in [-0.4, -0.2) is 10.1 Å². The molecule has 5 nitrogen and oxygen atoms in total. The third-order valence-corrected chi connectivity index (χ3v) is 5.04. The van der Waals surface area contributed by atoms with Crippen molar-refractivity contribution in [3.05, 3.63) is 82.9 Å². The summed E-state index contributed by atoms with van der Waals surface area (Å²) < 4.78 is 11.5. The average molecular weight is 385 g/mol. The molecule has 4 rings (SSSR count). The predicted octanol–water partition coefficient (Wildman–Crippen LogP) is 5.49. The number of anilines is 1. The molecule has 0 aliphatic carbocycles. The van der Waals surface area contributed by atoms with E-state index in [-0.39, 0.29) is 0 Å². The van der Waals surface area contributed by atoms with E-state index in [2.05, 4.69) is 36.1 Å². The summed E-state index contributed by atoms with van der Waals surface area (Å²) >= 11 is 0. The van der Waals surface area contributed by atoms with Gasteiger partial charge in [-0.15, -0.1) is 0 Å². The van der Waals surface area contributed by atoms with Crippen LogP contribution in [-0.2, 0) is 6.61 Å². The Bertz CT molecular complexity index is 1130. The Morgan fingerprint density at radius 1 is 0.897 bits per heavy atom. The lowest BCUT2D eigenvalue weighted by molar-refractivity contribution is 0.302. The van der Waals surface area contributed by atoms with E-state index in [9.17, 15) is 0 Å². The highest BCUT2D eigenvalue weighted by Crippen LogP contribution is 2.28.